The Labute approximate surface area is 209 Å². The van der Waals surface area contributed by atoms with Crippen molar-refractivity contribution in [3.63, 3.8) is 0 Å². The topological polar surface area (TPSA) is 62.6 Å². The summed E-state index contributed by atoms with van der Waals surface area (Å²) < 4.78 is 2.15. The van der Waals surface area contributed by atoms with Gasteiger partial charge in [0, 0.05) is 25.3 Å². The zero-order chi connectivity index (χ0) is 25.4. The first-order valence-electron chi connectivity index (χ1n) is 11.6. The zero-order valence-electron chi connectivity index (χ0n) is 20.3. The van der Waals surface area contributed by atoms with Gasteiger partial charge in [-0.1, -0.05) is 78.4 Å². The molecule has 0 saturated carbocycles. The lowest BCUT2D eigenvalue weighted by atomic mass is 10.0. The Balaban J connectivity index is 1.83. The summed E-state index contributed by atoms with van der Waals surface area (Å²) in [6, 6.07) is 29.4. The van der Waals surface area contributed by atoms with Crippen molar-refractivity contribution < 1.29 is 14.4 Å². The molecule has 1 aliphatic heterocycles. The molecule has 178 valence electrons. The number of rotatable bonds is 4. The van der Waals surface area contributed by atoms with Crippen LogP contribution in [0.1, 0.15) is 11.1 Å². The molecule has 4 amide bonds. The highest BCUT2D eigenvalue weighted by molar-refractivity contribution is 6.30. The van der Waals surface area contributed by atoms with Crippen LogP contribution in [-0.2, 0) is 9.59 Å². The van der Waals surface area contributed by atoms with Gasteiger partial charge >= 0.3 is 6.03 Å². The summed E-state index contributed by atoms with van der Waals surface area (Å²) in [5, 5.41) is 0. The van der Waals surface area contributed by atoms with Gasteiger partial charge in [-0.2, -0.15) is 0 Å². The van der Waals surface area contributed by atoms with E-state index in [2.05, 4.69) is 28.8 Å². The van der Waals surface area contributed by atoms with E-state index in [1.165, 1.54) is 14.1 Å². The first-order valence-corrected chi connectivity index (χ1v) is 11.6. The van der Waals surface area contributed by atoms with Gasteiger partial charge in [0.05, 0.1) is 11.4 Å². The number of barbiturate groups is 1. The Morgan fingerprint density at radius 1 is 0.667 bits per heavy atom. The largest absolute Gasteiger partial charge is 0.333 e. The first-order chi connectivity index (χ1) is 17.4. The molecule has 5 rings (SSSR count). The molecule has 0 N–H and O–H groups in total. The van der Waals surface area contributed by atoms with Crippen LogP contribution in [-0.4, -0.2) is 46.3 Å². The highest BCUT2D eigenvalue weighted by Crippen LogP contribution is 2.37. The summed E-state index contributed by atoms with van der Waals surface area (Å²) in [6.45, 7) is 2.04. The fraction of sp³-hybridized carbons (Fsp3) is 0.100. The first kappa shape index (κ1) is 23.1. The second-order valence-electron chi connectivity index (χ2n) is 8.81. The molecule has 6 heteroatoms. The van der Waals surface area contributed by atoms with Crippen molar-refractivity contribution in [3.05, 3.63) is 108 Å². The molecule has 1 saturated heterocycles. The third-order valence-electron chi connectivity index (χ3n) is 6.38. The number of urea groups is 1. The van der Waals surface area contributed by atoms with Gasteiger partial charge in [0.2, 0.25) is 0 Å². The molecule has 0 spiro atoms. The Kier molecular flexibility index (Phi) is 5.86. The van der Waals surface area contributed by atoms with E-state index in [-0.39, 0.29) is 5.57 Å². The molecule has 36 heavy (non-hydrogen) atoms. The third-order valence-corrected chi connectivity index (χ3v) is 6.38. The van der Waals surface area contributed by atoms with Gasteiger partial charge in [-0.05, 0) is 42.3 Å². The maximum atomic E-state index is 13.0. The molecule has 1 fully saturated rings. The van der Waals surface area contributed by atoms with Crippen molar-refractivity contribution in [2.45, 2.75) is 6.92 Å². The van der Waals surface area contributed by atoms with E-state index in [4.69, 9.17) is 0 Å². The number of amides is 4. The van der Waals surface area contributed by atoms with Crippen molar-refractivity contribution in [3.8, 4) is 28.2 Å². The van der Waals surface area contributed by atoms with Crippen LogP contribution in [0.4, 0.5) is 4.79 Å². The number of hydrogen-bond acceptors (Lipinski definition) is 3. The van der Waals surface area contributed by atoms with Crippen molar-refractivity contribution >= 4 is 23.9 Å². The van der Waals surface area contributed by atoms with Crippen LogP contribution in [0, 0.1) is 6.92 Å². The van der Waals surface area contributed by atoms with Gasteiger partial charge in [0.15, 0.2) is 0 Å². The third kappa shape index (κ3) is 3.92. The lowest BCUT2D eigenvalue weighted by Crippen LogP contribution is -2.52. The summed E-state index contributed by atoms with van der Waals surface area (Å²) >= 11 is 0. The number of aromatic nitrogens is 1. The number of carbonyl (C=O) groups is 3. The highest BCUT2D eigenvalue weighted by atomic mass is 16.2. The van der Waals surface area contributed by atoms with E-state index in [0.717, 1.165) is 43.6 Å². The zero-order valence-corrected chi connectivity index (χ0v) is 20.3. The van der Waals surface area contributed by atoms with Crippen LogP contribution in [0.25, 0.3) is 34.3 Å². The van der Waals surface area contributed by atoms with E-state index in [0.29, 0.717) is 5.56 Å². The van der Waals surface area contributed by atoms with Crippen molar-refractivity contribution in [2.75, 3.05) is 14.1 Å². The molecule has 0 bridgehead atoms. The van der Waals surface area contributed by atoms with Crippen LogP contribution < -0.4 is 0 Å². The number of aryl methyl sites for hydroxylation is 1. The maximum Gasteiger partial charge on any atom is 0.333 e. The van der Waals surface area contributed by atoms with E-state index >= 15 is 0 Å². The van der Waals surface area contributed by atoms with Crippen LogP contribution in [0.5, 0.6) is 0 Å². The van der Waals surface area contributed by atoms with Gasteiger partial charge < -0.3 is 4.57 Å². The summed E-state index contributed by atoms with van der Waals surface area (Å²) in [4.78, 5) is 40.2. The van der Waals surface area contributed by atoms with Crippen molar-refractivity contribution in [2.24, 2.45) is 0 Å². The van der Waals surface area contributed by atoms with Gasteiger partial charge in [0.25, 0.3) is 11.8 Å². The molecule has 0 atom stereocenters. The number of likely N-dealkylation sites (N-methyl/N-ethyl adjacent to an activating group) is 2. The van der Waals surface area contributed by atoms with Crippen LogP contribution in [0.15, 0.2) is 96.6 Å². The average molecular weight is 476 g/mol. The Bertz CT molecular complexity index is 1470. The smallest absolute Gasteiger partial charge is 0.309 e. The van der Waals surface area contributed by atoms with Crippen LogP contribution in [0.2, 0.25) is 0 Å². The highest BCUT2D eigenvalue weighted by Gasteiger charge is 2.38. The molecular weight excluding hydrogens is 450 g/mol. The molecule has 2 heterocycles. The van der Waals surface area contributed by atoms with E-state index < -0.39 is 17.8 Å². The average Bonchev–Trinajstić information content (AvgIpc) is 3.29. The normalized spacial score (nSPS) is 14.0. The predicted molar refractivity (Wildman–Crippen MR) is 140 cm³/mol. The standard InChI is InChI=1S/C30H25N3O3/c1-20-14-16-24(17-15-20)33-26(21-10-6-4-7-11-21)19-23(27(33)22-12-8-5-9-13-22)18-25-28(34)31(2)30(36)32(3)29(25)35/h4-19H,1-3H3. The Hall–Kier alpha value is -4.71. The molecule has 1 aromatic heterocycles. The van der Waals surface area contributed by atoms with E-state index in [9.17, 15) is 14.4 Å². The SMILES string of the molecule is Cc1ccc(-n2c(-c3ccccc3)cc(C=C3C(=O)N(C)C(=O)N(C)C3=O)c2-c2ccccc2)cc1. The lowest BCUT2D eigenvalue weighted by Gasteiger charge is -2.28. The molecule has 1 aliphatic rings. The predicted octanol–water partition coefficient (Wildman–Crippen LogP) is 5.55. The number of nitrogens with zero attached hydrogens (tertiary/aromatic N) is 3. The number of benzene rings is 3. The number of carbonyl (C=O) groups excluding carboxylic acids is 3. The van der Waals surface area contributed by atoms with Crippen LogP contribution in [0.3, 0.4) is 0 Å². The molecule has 4 aromatic rings. The monoisotopic (exact) mass is 475 g/mol. The lowest BCUT2D eigenvalue weighted by molar-refractivity contribution is -0.134. The minimum Gasteiger partial charge on any atom is -0.309 e. The summed E-state index contributed by atoms with van der Waals surface area (Å²) in [7, 11) is 2.76. The molecule has 6 nitrogen and oxygen atoms in total. The molecular formula is C30H25N3O3. The second kappa shape index (κ2) is 9.15. The van der Waals surface area contributed by atoms with Crippen LogP contribution >= 0.6 is 0 Å². The molecule has 0 radical (unpaired) electrons. The van der Waals surface area contributed by atoms with Gasteiger partial charge in [-0.3, -0.25) is 19.4 Å². The van der Waals surface area contributed by atoms with Gasteiger partial charge in [0.1, 0.15) is 5.57 Å². The Morgan fingerprint density at radius 2 is 1.19 bits per heavy atom. The molecule has 3 aromatic carbocycles. The summed E-state index contributed by atoms with van der Waals surface area (Å²) in [6.07, 6.45) is 1.60. The van der Waals surface area contributed by atoms with E-state index in [1.54, 1.807) is 6.08 Å². The summed E-state index contributed by atoms with van der Waals surface area (Å²) in [5.74, 6) is -1.24. The second-order valence-corrected chi connectivity index (χ2v) is 8.81. The van der Waals surface area contributed by atoms with Gasteiger partial charge in [-0.15, -0.1) is 0 Å². The van der Waals surface area contributed by atoms with Crippen molar-refractivity contribution in [1.29, 1.82) is 0 Å². The molecule has 0 aliphatic carbocycles. The van der Waals surface area contributed by atoms with Gasteiger partial charge in [-0.25, -0.2) is 4.79 Å². The van der Waals surface area contributed by atoms with E-state index in [1.807, 2.05) is 73.7 Å². The fourth-order valence-electron chi connectivity index (χ4n) is 4.45. The van der Waals surface area contributed by atoms with Crippen molar-refractivity contribution in [1.82, 2.24) is 14.4 Å². The number of imide groups is 2. The fourth-order valence-corrected chi connectivity index (χ4v) is 4.45. The summed E-state index contributed by atoms with van der Waals surface area (Å²) in [5.41, 5.74) is 6.42. The maximum absolute atomic E-state index is 13.0. The minimum atomic E-state index is -0.646. The molecule has 0 unspecified atom stereocenters. The Morgan fingerprint density at radius 3 is 1.75 bits per heavy atom. The minimum absolute atomic E-state index is 0.0579. The number of hydrogen-bond donors (Lipinski definition) is 0. The quantitative estimate of drug-likeness (QED) is 0.287.